The number of pyridine rings is 1. The van der Waals surface area contributed by atoms with Crippen molar-refractivity contribution in [2.75, 3.05) is 0 Å². The molecular weight excluding hydrogens is 887 g/mol. The van der Waals surface area contributed by atoms with Gasteiger partial charge in [0.25, 0.3) is 0 Å². The third-order valence-electron chi connectivity index (χ3n) is 12.0. The minimum absolute atomic E-state index is 0. The maximum atomic E-state index is 12.2. The molecule has 0 aliphatic carbocycles. The molecule has 301 valence electrons. The molecule has 0 amide bonds. The van der Waals surface area contributed by atoms with Crippen molar-refractivity contribution in [3.63, 3.8) is 0 Å². The van der Waals surface area contributed by atoms with E-state index in [4.69, 9.17) is 9.40 Å². The van der Waals surface area contributed by atoms with Gasteiger partial charge in [-0.15, -0.1) is 40.5 Å². The largest absolute Gasteiger partial charge is 0.512 e. The van der Waals surface area contributed by atoms with E-state index in [2.05, 4.69) is 115 Å². The second-order valence-electron chi connectivity index (χ2n) is 17.4. The third-order valence-corrected chi connectivity index (χ3v) is 13.1. The molecule has 6 heteroatoms. The van der Waals surface area contributed by atoms with Gasteiger partial charge >= 0.3 is 0 Å². The first-order valence-corrected chi connectivity index (χ1v) is 21.0. The van der Waals surface area contributed by atoms with Gasteiger partial charge in [0.2, 0.25) is 0 Å². The fourth-order valence-electron chi connectivity index (χ4n) is 7.27. The van der Waals surface area contributed by atoms with Gasteiger partial charge in [0.05, 0.1) is 10.2 Å². The second kappa shape index (κ2) is 17.9. The van der Waals surface area contributed by atoms with Crippen LogP contribution < -0.4 is 0 Å². The molecule has 0 saturated heterocycles. The van der Waals surface area contributed by atoms with Crippen LogP contribution in [0.3, 0.4) is 0 Å². The Bertz CT molecular complexity index is 2340. The summed E-state index contributed by atoms with van der Waals surface area (Å²) in [6, 6.07) is 25.7. The Morgan fingerprint density at radius 1 is 0.875 bits per heavy atom. The van der Waals surface area contributed by atoms with Crippen LogP contribution >= 0.6 is 11.3 Å². The number of thiophene rings is 1. The zero-order chi connectivity index (χ0) is 40.5. The number of rotatable bonds is 11. The number of allylic oxidation sites excluding steroid dienone is 2. The fourth-order valence-corrected chi connectivity index (χ4v) is 8.25. The van der Waals surface area contributed by atoms with Gasteiger partial charge in [-0.3, -0.25) is 9.78 Å². The van der Waals surface area contributed by atoms with Gasteiger partial charge in [-0.2, -0.15) is 0 Å². The van der Waals surface area contributed by atoms with Crippen LogP contribution in [0.4, 0.5) is 0 Å². The molecule has 4 nitrogen and oxygen atoms in total. The molecular formula is C50H62IrNO3S-. The molecule has 3 heterocycles. The van der Waals surface area contributed by atoms with Gasteiger partial charge in [-0.05, 0) is 86.6 Å². The number of furan rings is 1. The summed E-state index contributed by atoms with van der Waals surface area (Å²) in [7, 11) is 0. The molecule has 0 bridgehead atoms. The number of aliphatic hydroxyl groups excluding tert-OH is 1. The molecule has 0 atom stereocenters. The van der Waals surface area contributed by atoms with Crippen LogP contribution in [0.15, 0.2) is 76.9 Å². The average molecular weight is 949 g/mol. The topological polar surface area (TPSA) is 63.3 Å². The number of aryl methyl sites for hydroxylation is 2. The zero-order valence-electron chi connectivity index (χ0n) is 35.9. The summed E-state index contributed by atoms with van der Waals surface area (Å²) >= 11 is 1.82. The van der Waals surface area contributed by atoms with Crippen molar-refractivity contribution >= 4 is 49.1 Å². The van der Waals surface area contributed by atoms with Crippen LogP contribution in [0.5, 0.6) is 0 Å². The normalized spacial score (nSPS) is 12.6. The number of nitrogens with zero attached hydrogens (tertiary/aromatic N) is 1. The third kappa shape index (κ3) is 9.41. The van der Waals surface area contributed by atoms with Crippen molar-refractivity contribution in [1.29, 1.82) is 0 Å². The van der Waals surface area contributed by atoms with Crippen molar-refractivity contribution in [3.05, 3.63) is 100 Å². The van der Waals surface area contributed by atoms with Crippen molar-refractivity contribution in [3.8, 4) is 22.4 Å². The maximum absolute atomic E-state index is 12.2. The van der Waals surface area contributed by atoms with E-state index in [0.717, 1.165) is 65.6 Å². The van der Waals surface area contributed by atoms with Gasteiger partial charge in [0, 0.05) is 58.5 Å². The average Bonchev–Trinajstić information content (AvgIpc) is 3.69. The quantitative estimate of drug-likeness (QED) is 0.0798. The summed E-state index contributed by atoms with van der Waals surface area (Å²) in [6.07, 6.45) is 5.77. The van der Waals surface area contributed by atoms with Crippen LogP contribution in [0, 0.1) is 36.7 Å². The van der Waals surface area contributed by atoms with Gasteiger partial charge in [0.15, 0.2) is 5.78 Å². The van der Waals surface area contributed by atoms with Crippen molar-refractivity contribution < 1.29 is 34.4 Å². The van der Waals surface area contributed by atoms with Crippen LogP contribution in [-0.4, -0.2) is 15.9 Å². The number of fused-ring (bicyclic) bond motifs is 3. The Kier molecular flexibility index (Phi) is 14.4. The molecule has 0 aliphatic heterocycles. The number of hydrogen-bond acceptors (Lipinski definition) is 5. The first-order valence-electron chi connectivity index (χ1n) is 20.2. The summed E-state index contributed by atoms with van der Waals surface area (Å²) in [5.74, 6) is 1.88. The molecule has 1 N–H and O–H groups in total. The van der Waals surface area contributed by atoms with E-state index in [1.54, 1.807) is 0 Å². The van der Waals surface area contributed by atoms with E-state index >= 15 is 0 Å². The minimum atomic E-state index is -0.337. The number of carbonyl (C=O) groups excluding carboxylic acids is 1. The van der Waals surface area contributed by atoms with Crippen molar-refractivity contribution in [2.45, 2.75) is 128 Å². The number of aliphatic hydroxyl groups is 1. The summed E-state index contributed by atoms with van der Waals surface area (Å²) in [6.45, 7) is 27.7. The molecule has 0 aliphatic rings. The van der Waals surface area contributed by atoms with Crippen LogP contribution in [0.1, 0.15) is 124 Å². The number of hydrogen-bond donors (Lipinski definition) is 1. The molecule has 0 spiro atoms. The van der Waals surface area contributed by atoms with Crippen LogP contribution in [0.25, 0.3) is 54.3 Å². The summed E-state index contributed by atoms with van der Waals surface area (Å²) < 4.78 is 7.38. The number of benzene rings is 3. The van der Waals surface area contributed by atoms with Crippen molar-refractivity contribution in [1.82, 2.24) is 4.98 Å². The number of carbonyl (C=O) groups is 1. The monoisotopic (exact) mass is 949 g/mol. The molecule has 6 aromatic rings. The van der Waals surface area contributed by atoms with E-state index < -0.39 is 0 Å². The maximum Gasteiger partial charge on any atom is 0.164 e. The second-order valence-corrected chi connectivity index (χ2v) is 18.7. The summed E-state index contributed by atoms with van der Waals surface area (Å²) in [5.41, 5.74) is 8.49. The van der Waals surface area contributed by atoms with E-state index in [9.17, 15) is 9.90 Å². The predicted molar refractivity (Wildman–Crippen MR) is 236 cm³/mol. The molecule has 1 radical (unpaired) electrons. The Balaban J connectivity index is 0.000000330. The SMILES string of the molecule is CCC(C)(CC)C(=O)/C=C(\O)C(C)(CC)CC.Cc1cc2nc(-c3[c-]c4ccccc4c(C(C)(C)C)c3)cc(-c3ccc4oc(C)c(CC(C)C)c4c3)c2s1.[Ir]. The fraction of sp³-hybridized carbons (Fsp3) is 0.440. The molecule has 56 heavy (non-hydrogen) atoms. The first kappa shape index (κ1) is 45.1. The Morgan fingerprint density at radius 2 is 1.52 bits per heavy atom. The first-order chi connectivity index (χ1) is 25.9. The Hall–Kier alpha value is -3.57. The van der Waals surface area contributed by atoms with Crippen molar-refractivity contribution in [2.24, 2.45) is 16.7 Å². The molecule has 3 aromatic carbocycles. The van der Waals surface area contributed by atoms with Gasteiger partial charge in [-0.25, -0.2) is 0 Å². The predicted octanol–water partition coefficient (Wildman–Crippen LogP) is 15.1. The summed E-state index contributed by atoms with van der Waals surface area (Å²) in [5, 5.41) is 13.7. The van der Waals surface area contributed by atoms with Gasteiger partial charge < -0.3 is 9.52 Å². The number of ketones is 1. The van der Waals surface area contributed by atoms with E-state index in [1.807, 2.05) is 52.9 Å². The smallest absolute Gasteiger partial charge is 0.164 e. The Morgan fingerprint density at radius 3 is 2.12 bits per heavy atom. The Labute approximate surface area is 353 Å². The van der Waals surface area contributed by atoms with E-state index in [0.29, 0.717) is 5.92 Å². The standard InChI is InChI=1S/C35H34NOS.C15H28O2.Ir/c1-20(2)14-27-22(4)37-33-13-12-24(17-29(27)33)28-19-31(36-32-15-21(3)38-34(28)32)25-16-23-10-8-9-11-26(23)30(18-25)35(5,6)7;1-7-14(5,8-2)12(16)11-13(17)15(6,9-3)10-4;/h8-13,15,17-20H,14H2,1-7H3;11,16H,7-10H2,1-6H3;/q-1;;/b;12-11-;. The van der Waals surface area contributed by atoms with E-state index in [-0.39, 0.29) is 47.9 Å². The van der Waals surface area contributed by atoms with Crippen LogP contribution in [-0.2, 0) is 36.7 Å². The van der Waals surface area contributed by atoms with Gasteiger partial charge in [-0.1, -0.05) is 117 Å². The molecule has 3 aromatic heterocycles. The van der Waals surface area contributed by atoms with Crippen LogP contribution in [0.2, 0.25) is 0 Å². The molecule has 6 rings (SSSR count). The molecule has 0 unspecified atom stereocenters. The van der Waals surface area contributed by atoms with Gasteiger partial charge in [0.1, 0.15) is 17.1 Å². The molecule has 0 fully saturated rings. The minimum Gasteiger partial charge on any atom is -0.512 e. The zero-order valence-corrected chi connectivity index (χ0v) is 39.1. The summed E-state index contributed by atoms with van der Waals surface area (Å²) in [4.78, 5) is 18.6. The van der Waals surface area contributed by atoms with E-state index in [1.165, 1.54) is 48.7 Å². The number of aromatic nitrogens is 1. The molecule has 0 saturated carbocycles.